The fourth-order valence-electron chi connectivity index (χ4n) is 2.33. The number of nitrogens with one attached hydrogen (secondary N) is 1. The van der Waals surface area contributed by atoms with Gasteiger partial charge in [-0.05, 0) is 11.6 Å². The Morgan fingerprint density at radius 3 is 2.58 bits per heavy atom. The molecule has 0 aromatic heterocycles. The molecule has 0 radical (unpaired) electrons. The quantitative estimate of drug-likeness (QED) is 0.564. The maximum absolute atomic E-state index is 8.69. The maximum Gasteiger partial charge on any atom is 0.166 e. The van der Waals surface area contributed by atoms with Crippen LogP contribution in [0.5, 0.6) is 11.5 Å². The van der Waals surface area contributed by atoms with Gasteiger partial charge in [0.25, 0.3) is 0 Å². The van der Waals surface area contributed by atoms with Crippen molar-refractivity contribution in [2.75, 3.05) is 33.5 Å². The summed E-state index contributed by atoms with van der Waals surface area (Å²) in [5.41, 5.74) is 2.00. The molecule has 2 aromatic carbocycles. The standard InChI is InChI=1S/C19H24ClNO4.ClH/c1-23-18-12-17(20)11-16(13-21-7-9-24-10-8-22)19(18)25-14-15-5-3-2-4-6-15;/h2-6,11-12,21-22H,7-10,13-14H2,1H3;1H. The van der Waals surface area contributed by atoms with Gasteiger partial charge in [-0.2, -0.15) is 0 Å². The molecule has 0 unspecified atom stereocenters. The van der Waals surface area contributed by atoms with Gasteiger partial charge in [0, 0.05) is 29.7 Å². The average molecular weight is 402 g/mol. The summed E-state index contributed by atoms with van der Waals surface area (Å²) >= 11 is 6.18. The number of benzene rings is 2. The molecular formula is C19H25Cl2NO4. The summed E-state index contributed by atoms with van der Waals surface area (Å²) in [5, 5.41) is 12.6. The molecule has 0 spiro atoms. The number of halogens is 2. The third kappa shape index (κ3) is 7.40. The Bertz CT molecular complexity index is 641. The van der Waals surface area contributed by atoms with Crippen molar-refractivity contribution in [2.45, 2.75) is 13.2 Å². The second-order valence-corrected chi connectivity index (χ2v) is 5.82. The first kappa shape index (κ1) is 22.5. The van der Waals surface area contributed by atoms with Gasteiger partial charge in [-0.15, -0.1) is 12.4 Å². The summed E-state index contributed by atoms with van der Waals surface area (Å²) in [7, 11) is 1.60. The van der Waals surface area contributed by atoms with Crippen LogP contribution in [0.2, 0.25) is 5.02 Å². The van der Waals surface area contributed by atoms with E-state index in [2.05, 4.69) is 5.32 Å². The van der Waals surface area contributed by atoms with Crippen molar-refractivity contribution in [3.63, 3.8) is 0 Å². The van der Waals surface area contributed by atoms with Gasteiger partial charge in [-0.1, -0.05) is 41.9 Å². The molecule has 0 bridgehead atoms. The number of hydrogen-bond acceptors (Lipinski definition) is 5. The third-order valence-corrected chi connectivity index (χ3v) is 3.73. The fourth-order valence-corrected chi connectivity index (χ4v) is 2.56. The van der Waals surface area contributed by atoms with Crippen molar-refractivity contribution >= 4 is 24.0 Å². The van der Waals surface area contributed by atoms with Gasteiger partial charge in [0.1, 0.15) is 6.61 Å². The van der Waals surface area contributed by atoms with Crippen molar-refractivity contribution in [3.05, 3.63) is 58.6 Å². The Hall–Kier alpha value is -1.50. The molecular weight excluding hydrogens is 377 g/mol. The molecule has 0 aliphatic rings. The molecule has 0 aliphatic heterocycles. The van der Waals surface area contributed by atoms with Gasteiger partial charge in [-0.25, -0.2) is 0 Å². The van der Waals surface area contributed by atoms with E-state index in [0.29, 0.717) is 49.4 Å². The summed E-state index contributed by atoms with van der Waals surface area (Å²) < 4.78 is 16.7. The molecule has 5 nitrogen and oxygen atoms in total. The Morgan fingerprint density at radius 1 is 1.12 bits per heavy atom. The minimum atomic E-state index is 0. The summed E-state index contributed by atoms with van der Waals surface area (Å²) in [5.74, 6) is 1.29. The molecule has 0 saturated carbocycles. The van der Waals surface area contributed by atoms with Crippen LogP contribution in [0.1, 0.15) is 11.1 Å². The van der Waals surface area contributed by atoms with Gasteiger partial charge >= 0.3 is 0 Å². The van der Waals surface area contributed by atoms with E-state index in [9.17, 15) is 0 Å². The zero-order valence-electron chi connectivity index (χ0n) is 14.7. The molecule has 2 rings (SSSR count). The topological polar surface area (TPSA) is 60.0 Å². The van der Waals surface area contributed by atoms with Crippen LogP contribution in [0.3, 0.4) is 0 Å². The maximum atomic E-state index is 8.69. The lowest BCUT2D eigenvalue weighted by Crippen LogP contribution is -2.20. The van der Waals surface area contributed by atoms with Crippen molar-refractivity contribution in [3.8, 4) is 11.5 Å². The number of ether oxygens (including phenoxy) is 3. The molecule has 2 aromatic rings. The lowest BCUT2D eigenvalue weighted by atomic mass is 10.1. The van der Waals surface area contributed by atoms with E-state index in [1.807, 2.05) is 36.4 Å². The highest BCUT2D eigenvalue weighted by Gasteiger charge is 2.13. The lowest BCUT2D eigenvalue weighted by molar-refractivity contribution is 0.0937. The smallest absolute Gasteiger partial charge is 0.166 e. The van der Waals surface area contributed by atoms with E-state index in [1.165, 1.54) is 0 Å². The van der Waals surface area contributed by atoms with Crippen LogP contribution in [0.15, 0.2) is 42.5 Å². The van der Waals surface area contributed by atoms with E-state index in [-0.39, 0.29) is 19.0 Å². The highest BCUT2D eigenvalue weighted by Crippen LogP contribution is 2.35. The van der Waals surface area contributed by atoms with E-state index in [1.54, 1.807) is 13.2 Å². The molecule has 0 saturated heterocycles. The molecule has 144 valence electrons. The van der Waals surface area contributed by atoms with E-state index in [4.69, 9.17) is 30.9 Å². The minimum Gasteiger partial charge on any atom is -0.493 e. The monoisotopic (exact) mass is 401 g/mol. The van der Waals surface area contributed by atoms with Crippen LogP contribution >= 0.6 is 24.0 Å². The SMILES string of the molecule is COc1cc(Cl)cc(CNCCOCCO)c1OCc1ccccc1.Cl. The van der Waals surface area contributed by atoms with Crippen molar-refractivity contribution in [1.29, 1.82) is 0 Å². The van der Waals surface area contributed by atoms with Gasteiger partial charge in [0.15, 0.2) is 11.5 Å². The van der Waals surface area contributed by atoms with Crippen molar-refractivity contribution in [2.24, 2.45) is 0 Å². The lowest BCUT2D eigenvalue weighted by Gasteiger charge is -2.16. The molecule has 0 aliphatic carbocycles. The van der Waals surface area contributed by atoms with Crippen LogP contribution in [0, 0.1) is 0 Å². The number of aliphatic hydroxyl groups is 1. The van der Waals surface area contributed by atoms with E-state index < -0.39 is 0 Å². The van der Waals surface area contributed by atoms with Crippen molar-refractivity contribution in [1.82, 2.24) is 5.32 Å². The van der Waals surface area contributed by atoms with Crippen LogP contribution in [0.4, 0.5) is 0 Å². The molecule has 0 amide bonds. The van der Waals surface area contributed by atoms with E-state index in [0.717, 1.165) is 11.1 Å². The average Bonchev–Trinajstić information content (AvgIpc) is 2.64. The number of hydrogen-bond donors (Lipinski definition) is 2. The third-order valence-electron chi connectivity index (χ3n) is 3.52. The summed E-state index contributed by atoms with van der Waals surface area (Å²) in [6.07, 6.45) is 0. The van der Waals surface area contributed by atoms with Gasteiger partial charge in [0.2, 0.25) is 0 Å². The zero-order chi connectivity index (χ0) is 17.9. The normalized spacial score (nSPS) is 10.3. The van der Waals surface area contributed by atoms with Gasteiger partial charge in [0.05, 0.1) is 26.9 Å². The largest absolute Gasteiger partial charge is 0.493 e. The number of aliphatic hydroxyl groups excluding tert-OH is 1. The highest BCUT2D eigenvalue weighted by atomic mass is 35.5. The predicted molar refractivity (Wildman–Crippen MR) is 106 cm³/mol. The Balaban J connectivity index is 0.00000338. The van der Waals surface area contributed by atoms with Gasteiger partial charge < -0.3 is 24.6 Å². The van der Waals surface area contributed by atoms with Crippen LogP contribution in [-0.2, 0) is 17.9 Å². The van der Waals surface area contributed by atoms with E-state index >= 15 is 0 Å². The Morgan fingerprint density at radius 2 is 1.88 bits per heavy atom. The first-order valence-corrected chi connectivity index (χ1v) is 8.55. The van der Waals surface area contributed by atoms with Crippen LogP contribution in [-0.4, -0.2) is 38.6 Å². The summed E-state index contributed by atoms with van der Waals surface area (Å²) in [6, 6.07) is 13.6. The number of rotatable bonds is 11. The van der Waals surface area contributed by atoms with Gasteiger partial charge in [-0.3, -0.25) is 0 Å². The Labute approximate surface area is 165 Å². The molecule has 7 heteroatoms. The molecule has 0 atom stereocenters. The second-order valence-electron chi connectivity index (χ2n) is 5.38. The molecule has 26 heavy (non-hydrogen) atoms. The fraction of sp³-hybridized carbons (Fsp3) is 0.368. The van der Waals surface area contributed by atoms with Crippen molar-refractivity contribution < 1.29 is 19.3 Å². The minimum absolute atomic E-state index is 0. The zero-order valence-corrected chi connectivity index (χ0v) is 16.3. The first-order valence-electron chi connectivity index (χ1n) is 8.17. The summed E-state index contributed by atoms with van der Waals surface area (Å²) in [6.45, 7) is 2.58. The second kappa shape index (κ2) is 12.8. The number of methoxy groups -OCH3 is 1. The molecule has 0 heterocycles. The predicted octanol–water partition coefficient (Wildman–Crippen LogP) is 3.45. The highest BCUT2D eigenvalue weighted by molar-refractivity contribution is 6.30. The Kier molecular flexibility index (Phi) is 11.1. The van der Waals surface area contributed by atoms with Crippen LogP contribution in [0.25, 0.3) is 0 Å². The summed E-state index contributed by atoms with van der Waals surface area (Å²) in [4.78, 5) is 0. The van der Waals surface area contributed by atoms with Crippen LogP contribution < -0.4 is 14.8 Å². The molecule has 0 fully saturated rings. The first-order chi connectivity index (χ1) is 12.2. The molecule has 2 N–H and O–H groups in total.